The van der Waals surface area contributed by atoms with E-state index in [9.17, 15) is 0 Å². The molecule has 0 bridgehead atoms. The number of nitrogens with two attached hydrogens (primary N) is 1. The van der Waals surface area contributed by atoms with Crippen molar-refractivity contribution < 1.29 is 4.74 Å². The average molecular weight is 222 g/mol. The molecule has 1 saturated heterocycles. The maximum absolute atomic E-state index is 5.95. The van der Waals surface area contributed by atoms with Gasteiger partial charge in [0.05, 0.1) is 18.8 Å². The number of morpholine rings is 1. The van der Waals surface area contributed by atoms with E-state index in [1.54, 1.807) is 0 Å². The second-order valence-electron chi connectivity index (χ2n) is 4.66. The van der Waals surface area contributed by atoms with Crippen LogP contribution in [-0.4, -0.2) is 35.3 Å². The molecule has 0 aromatic carbocycles. The number of hydrogen-bond acceptors (Lipinski definition) is 4. The highest BCUT2D eigenvalue weighted by molar-refractivity contribution is 5.60. The van der Waals surface area contributed by atoms with Crippen LogP contribution in [0.5, 0.6) is 0 Å². The Kier molecular flexibility index (Phi) is 2.28. The average Bonchev–Trinajstić information content (AvgIpc) is 2.84. The van der Waals surface area contributed by atoms with Crippen molar-refractivity contribution in [1.29, 1.82) is 0 Å². The van der Waals surface area contributed by atoms with Gasteiger partial charge in [-0.1, -0.05) is 0 Å². The highest BCUT2D eigenvalue weighted by atomic mass is 16.5. The number of nitrogens with one attached hydrogen (secondary N) is 1. The van der Waals surface area contributed by atoms with Crippen molar-refractivity contribution in [2.45, 2.75) is 38.3 Å². The van der Waals surface area contributed by atoms with Gasteiger partial charge in [0.25, 0.3) is 0 Å². The van der Waals surface area contributed by atoms with E-state index in [1.165, 1.54) is 19.3 Å². The Morgan fingerprint density at radius 2 is 2.38 bits per heavy atom. The first kappa shape index (κ1) is 9.96. The zero-order valence-electron chi connectivity index (χ0n) is 9.57. The number of rotatable bonds is 1. The lowest BCUT2D eigenvalue weighted by molar-refractivity contribution is 0.0254. The van der Waals surface area contributed by atoms with Crippen LogP contribution in [-0.2, 0) is 4.74 Å². The Morgan fingerprint density at radius 1 is 1.50 bits per heavy atom. The molecule has 2 atom stereocenters. The van der Waals surface area contributed by atoms with Gasteiger partial charge in [-0.25, -0.2) is 4.98 Å². The zero-order chi connectivity index (χ0) is 11.1. The number of aromatic amines is 1. The van der Waals surface area contributed by atoms with Gasteiger partial charge >= 0.3 is 0 Å². The van der Waals surface area contributed by atoms with Crippen LogP contribution in [0, 0.1) is 6.92 Å². The monoisotopic (exact) mass is 222 g/mol. The van der Waals surface area contributed by atoms with Crippen LogP contribution >= 0.6 is 0 Å². The minimum absolute atomic E-state index is 0.380. The van der Waals surface area contributed by atoms with Crippen molar-refractivity contribution in [2.75, 3.05) is 23.8 Å². The minimum Gasteiger partial charge on any atom is -0.382 e. The van der Waals surface area contributed by atoms with Gasteiger partial charge < -0.3 is 20.4 Å². The summed E-state index contributed by atoms with van der Waals surface area (Å²) in [6, 6.07) is 0.471. The Morgan fingerprint density at radius 3 is 3.12 bits per heavy atom. The summed E-state index contributed by atoms with van der Waals surface area (Å²) in [5.41, 5.74) is 5.95. The fourth-order valence-corrected chi connectivity index (χ4v) is 2.91. The molecule has 3 rings (SSSR count). The summed E-state index contributed by atoms with van der Waals surface area (Å²) >= 11 is 0. The quantitative estimate of drug-likeness (QED) is 0.745. The summed E-state index contributed by atoms with van der Waals surface area (Å²) in [7, 11) is 0. The van der Waals surface area contributed by atoms with Gasteiger partial charge in [-0.3, -0.25) is 0 Å². The molecule has 5 heteroatoms. The third kappa shape index (κ3) is 1.46. The number of hydrogen-bond donors (Lipinski definition) is 2. The summed E-state index contributed by atoms with van der Waals surface area (Å²) in [5.74, 6) is 2.48. The van der Waals surface area contributed by atoms with Crippen LogP contribution in [0.2, 0.25) is 0 Å². The normalized spacial score (nSPS) is 29.4. The van der Waals surface area contributed by atoms with Crippen LogP contribution in [0.25, 0.3) is 0 Å². The molecule has 0 radical (unpaired) electrons. The maximum atomic E-state index is 5.95. The van der Waals surface area contributed by atoms with Gasteiger partial charge in [0.15, 0.2) is 5.82 Å². The van der Waals surface area contributed by atoms with E-state index in [4.69, 9.17) is 10.5 Å². The number of aryl methyl sites for hydroxylation is 1. The maximum Gasteiger partial charge on any atom is 0.171 e. The zero-order valence-corrected chi connectivity index (χ0v) is 9.57. The first-order valence-corrected chi connectivity index (χ1v) is 5.96. The lowest BCUT2D eigenvalue weighted by Crippen LogP contribution is -2.49. The summed E-state index contributed by atoms with van der Waals surface area (Å²) in [6.07, 6.45) is 3.99. The summed E-state index contributed by atoms with van der Waals surface area (Å²) in [5, 5.41) is 0. The van der Waals surface area contributed by atoms with Crippen molar-refractivity contribution in [2.24, 2.45) is 0 Å². The number of ether oxygens (including phenoxy) is 1. The number of imidazole rings is 1. The van der Waals surface area contributed by atoms with Crippen molar-refractivity contribution in [3.05, 3.63) is 5.82 Å². The largest absolute Gasteiger partial charge is 0.382 e. The Balaban J connectivity index is 1.90. The third-order valence-electron chi connectivity index (χ3n) is 3.58. The number of aromatic nitrogens is 2. The third-order valence-corrected chi connectivity index (χ3v) is 3.58. The van der Waals surface area contributed by atoms with E-state index < -0.39 is 0 Å². The van der Waals surface area contributed by atoms with Gasteiger partial charge in [-0.15, -0.1) is 0 Å². The fraction of sp³-hybridized carbons (Fsp3) is 0.727. The highest BCUT2D eigenvalue weighted by Gasteiger charge is 2.37. The molecule has 3 N–H and O–H groups in total. The molecular formula is C11H18N4O. The summed E-state index contributed by atoms with van der Waals surface area (Å²) in [6.45, 7) is 3.62. The molecule has 0 amide bonds. The predicted octanol–water partition coefficient (Wildman–Crippen LogP) is 1.06. The SMILES string of the molecule is Cc1nc(N2CCOC3CCCC32)c(N)[nH]1. The molecular weight excluding hydrogens is 204 g/mol. The van der Waals surface area contributed by atoms with E-state index in [0.717, 1.165) is 24.8 Å². The van der Waals surface area contributed by atoms with Gasteiger partial charge in [-0.05, 0) is 26.2 Å². The van der Waals surface area contributed by atoms with E-state index >= 15 is 0 Å². The van der Waals surface area contributed by atoms with E-state index in [0.29, 0.717) is 18.0 Å². The van der Waals surface area contributed by atoms with Crippen LogP contribution in [0.15, 0.2) is 0 Å². The lowest BCUT2D eigenvalue weighted by atomic mass is 10.1. The number of fused-ring (bicyclic) bond motifs is 1. The number of H-pyrrole nitrogens is 1. The van der Waals surface area contributed by atoms with Crippen LogP contribution in [0.3, 0.4) is 0 Å². The molecule has 5 nitrogen and oxygen atoms in total. The van der Waals surface area contributed by atoms with E-state index in [2.05, 4.69) is 14.9 Å². The van der Waals surface area contributed by atoms with Gasteiger partial charge in [0, 0.05) is 6.54 Å². The van der Waals surface area contributed by atoms with Gasteiger partial charge in [-0.2, -0.15) is 0 Å². The molecule has 2 heterocycles. The molecule has 1 aromatic rings. The van der Waals surface area contributed by atoms with Gasteiger partial charge in [0.1, 0.15) is 11.6 Å². The molecule has 1 aliphatic heterocycles. The van der Waals surface area contributed by atoms with Crippen molar-refractivity contribution in [1.82, 2.24) is 9.97 Å². The van der Waals surface area contributed by atoms with E-state index in [1.807, 2.05) is 6.92 Å². The smallest absolute Gasteiger partial charge is 0.171 e. The Hall–Kier alpha value is -1.23. The first-order chi connectivity index (χ1) is 7.75. The first-order valence-electron chi connectivity index (χ1n) is 5.96. The summed E-state index contributed by atoms with van der Waals surface area (Å²) in [4.78, 5) is 9.87. The number of nitrogen functional groups attached to an aromatic ring is 1. The molecule has 2 aliphatic rings. The summed E-state index contributed by atoms with van der Waals surface area (Å²) < 4.78 is 5.78. The molecule has 1 aliphatic carbocycles. The van der Waals surface area contributed by atoms with Crippen molar-refractivity contribution in [3.63, 3.8) is 0 Å². The lowest BCUT2D eigenvalue weighted by Gasteiger charge is -2.38. The Bertz CT molecular complexity index is 389. The highest BCUT2D eigenvalue weighted by Crippen LogP contribution is 2.34. The molecule has 2 unspecified atom stereocenters. The molecule has 16 heavy (non-hydrogen) atoms. The predicted molar refractivity (Wildman–Crippen MR) is 62.5 cm³/mol. The second-order valence-corrected chi connectivity index (χ2v) is 4.66. The topological polar surface area (TPSA) is 67.2 Å². The molecule has 1 saturated carbocycles. The Labute approximate surface area is 95.0 Å². The van der Waals surface area contributed by atoms with E-state index in [-0.39, 0.29) is 0 Å². The standard InChI is InChI=1S/C11H18N4O/c1-7-13-10(12)11(14-7)15-5-6-16-9-4-2-3-8(9)15/h8-9H,2-6,12H2,1H3,(H,13,14). The van der Waals surface area contributed by atoms with Crippen molar-refractivity contribution in [3.8, 4) is 0 Å². The molecule has 0 spiro atoms. The minimum atomic E-state index is 0.380. The number of nitrogens with zero attached hydrogens (tertiary/aromatic N) is 2. The number of anilines is 2. The fourth-order valence-electron chi connectivity index (χ4n) is 2.91. The molecule has 1 aromatic heterocycles. The van der Waals surface area contributed by atoms with Gasteiger partial charge in [0.2, 0.25) is 0 Å². The molecule has 2 fully saturated rings. The molecule has 88 valence electrons. The van der Waals surface area contributed by atoms with Crippen LogP contribution in [0.1, 0.15) is 25.1 Å². The van der Waals surface area contributed by atoms with Crippen LogP contribution in [0.4, 0.5) is 11.6 Å². The van der Waals surface area contributed by atoms with Crippen molar-refractivity contribution >= 4 is 11.6 Å². The second kappa shape index (κ2) is 3.66. The van der Waals surface area contributed by atoms with Crippen LogP contribution < -0.4 is 10.6 Å².